The van der Waals surface area contributed by atoms with Crippen LogP contribution in [0.25, 0.3) is 0 Å². The lowest BCUT2D eigenvalue weighted by Crippen LogP contribution is -2.27. The van der Waals surface area contributed by atoms with Gasteiger partial charge in [-0.3, -0.25) is 4.68 Å². The third-order valence-electron chi connectivity index (χ3n) is 3.36. The van der Waals surface area contributed by atoms with Crippen molar-refractivity contribution in [1.82, 2.24) is 9.78 Å². The molecule has 1 N–H and O–H groups in total. The minimum Gasteiger partial charge on any atom is -0.504 e. The van der Waals surface area contributed by atoms with Crippen molar-refractivity contribution < 1.29 is 9.90 Å². The number of aldehydes is 1. The highest BCUT2D eigenvalue weighted by Gasteiger charge is 2.35. The second kappa shape index (κ2) is 4.80. The summed E-state index contributed by atoms with van der Waals surface area (Å²) in [5.74, 6) is 0.135. The second-order valence-electron chi connectivity index (χ2n) is 4.66. The maximum absolute atomic E-state index is 11.5. The van der Waals surface area contributed by atoms with Crippen LogP contribution in [0, 0.1) is 6.92 Å². The SMILES string of the molecule is CCCn1nc(C2(C=O)C=CC=CC2)c(O)c1C. The van der Waals surface area contributed by atoms with Crippen molar-refractivity contribution >= 4 is 6.29 Å². The molecule has 1 atom stereocenters. The van der Waals surface area contributed by atoms with Gasteiger partial charge in [0.25, 0.3) is 0 Å². The number of carbonyl (C=O) groups excluding carboxylic acids is 1. The van der Waals surface area contributed by atoms with Gasteiger partial charge in [-0.25, -0.2) is 0 Å². The molecule has 1 aliphatic carbocycles. The summed E-state index contributed by atoms with van der Waals surface area (Å²) in [5, 5.41) is 14.6. The molecular weight excluding hydrogens is 228 g/mol. The Kier molecular flexibility index (Phi) is 3.36. The van der Waals surface area contributed by atoms with Crippen LogP contribution in [0.3, 0.4) is 0 Å². The van der Waals surface area contributed by atoms with Crippen LogP contribution in [0.15, 0.2) is 24.3 Å². The van der Waals surface area contributed by atoms with Gasteiger partial charge in [0, 0.05) is 6.54 Å². The van der Waals surface area contributed by atoms with Crippen LogP contribution in [0.2, 0.25) is 0 Å². The molecule has 0 saturated heterocycles. The van der Waals surface area contributed by atoms with Crippen LogP contribution < -0.4 is 0 Å². The number of allylic oxidation sites excluding steroid dienone is 4. The monoisotopic (exact) mass is 246 g/mol. The average Bonchev–Trinajstić information content (AvgIpc) is 2.69. The Morgan fingerprint density at radius 1 is 1.56 bits per heavy atom. The number of carbonyl (C=O) groups is 1. The van der Waals surface area contributed by atoms with Gasteiger partial charge in [-0.05, 0) is 19.8 Å². The highest BCUT2D eigenvalue weighted by molar-refractivity contribution is 5.74. The van der Waals surface area contributed by atoms with Crippen molar-refractivity contribution in [2.45, 2.75) is 38.6 Å². The molecule has 1 aliphatic rings. The van der Waals surface area contributed by atoms with Crippen LogP contribution in [-0.4, -0.2) is 21.2 Å². The molecule has 2 rings (SSSR count). The molecule has 0 radical (unpaired) electrons. The van der Waals surface area contributed by atoms with Crippen molar-refractivity contribution in [3.63, 3.8) is 0 Å². The van der Waals surface area contributed by atoms with Gasteiger partial charge in [0.1, 0.15) is 12.0 Å². The third-order valence-corrected chi connectivity index (χ3v) is 3.36. The van der Waals surface area contributed by atoms with E-state index in [0.29, 0.717) is 12.1 Å². The molecule has 0 aromatic carbocycles. The van der Waals surface area contributed by atoms with E-state index in [1.807, 2.05) is 25.2 Å². The average molecular weight is 246 g/mol. The van der Waals surface area contributed by atoms with Crippen LogP contribution in [0.4, 0.5) is 0 Å². The highest BCUT2D eigenvalue weighted by atomic mass is 16.3. The molecule has 0 aliphatic heterocycles. The summed E-state index contributed by atoms with van der Waals surface area (Å²) < 4.78 is 1.77. The molecule has 1 aromatic heterocycles. The van der Waals surface area contributed by atoms with Gasteiger partial charge >= 0.3 is 0 Å². The molecule has 4 nitrogen and oxygen atoms in total. The first-order chi connectivity index (χ1) is 8.64. The third kappa shape index (κ3) is 1.88. The fourth-order valence-electron chi connectivity index (χ4n) is 2.24. The van der Waals surface area contributed by atoms with Crippen LogP contribution in [0.5, 0.6) is 5.75 Å². The quantitative estimate of drug-likeness (QED) is 0.829. The normalized spacial score (nSPS) is 22.3. The van der Waals surface area contributed by atoms with Crippen LogP contribution in [0.1, 0.15) is 31.2 Å². The van der Waals surface area contributed by atoms with Crippen molar-refractivity contribution in [1.29, 1.82) is 0 Å². The van der Waals surface area contributed by atoms with Crippen LogP contribution in [-0.2, 0) is 16.8 Å². The molecule has 0 saturated carbocycles. The number of aromatic hydroxyl groups is 1. The van der Waals surface area contributed by atoms with E-state index in [4.69, 9.17) is 0 Å². The number of aromatic nitrogens is 2. The number of hydrogen-bond donors (Lipinski definition) is 1. The zero-order valence-electron chi connectivity index (χ0n) is 10.8. The Hall–Kier alpha value is -1.84. The summed E-state index contributed by atoms with van der Waals surface area (Å²) in [6.07, 6.45) is 9.79. The Morgan fingerprint density at radius 2 is 2.33 bits per heavy atom. The van der Waals surface area contributed by atoms with E-state index in [1.54, 1.807) is 10.8 Å². The largest absolute Gasteiger partial charge is 0.504 e. The number of aryl methyl sites for hydroxylation is 1. The van der Waals surface area contributed by atoms with Gasteiger partial charge in [-0.1, -0.05) is 31.2 Å². The lowest BCUT2D eigenvalue weighted by atomic mass is 9.79. The summed E-state index contributed by atoms with van der Waals surface area (Å²) in [5.41, 5.74) is 0.364. The molecular formula is C14H18N2O2. The van der Waals surface area contributed by atoms with Crippen molar-refractivity contribution in [3.05, 3.63) is 35.7 Å². The molecule has 4 heteroatoms. The molecule has 1 heterocycles. The minimum atomic E-state index is -0.817. The molecule has 18 heavy (non-hydrogen) atoms. The maximum atomic E-state index is 11.5. The van der Waals surface area contributed by atoms with E-state index in [9.17, 15) is 9.90 Å². The summed E-state index contributed by atoms with van der Waals surface area (Å²) in [7, 11) is 0. The number of hydrogen-bond acceptors (Lipinski definition) is 3. The van der Waals surface area contributed by atoms with Gasteiger partial charge in [0.05, 0.1) is 11.1 Å². The molecule has 1 aromatic rings. The van der Waals surface area contributed by atoms with E-state index >= 15 is 0 Å². The lowest BCUT2D eigenvalue weighted by molar-refractivity contribution is -0.111. The first-order valence-electron chi connectivity index (χ1n) is 6.22. The standard InChI is InChI=1S/C14H18N2O2/c1-3-9-16-11(2)12(18)13(15-16)14(10-17)7-5-4-6-8-14/h4-7,10,18H,3,8-9H2,1-2H3. The van der Waals surface area contributed by atoms with Gasteiger partial charge in [-0.2, -0.15) is 5.10 Å². The molecule has 0 fully saturated rings. The van der Waals surface area contributed by atoms with E-state index in [0.717, 1.165) is 24.9 Å². The molecule has 0 bridgehead atoms. The van der Waals surface area contributed by atoms with Crippen molar-refractivity contribution in [2.75, 3.05) is 0 Å². The van der Waals surface area contributed by atoms with Crippen molar-refractivity contribution in [3.8, 4) is 5.75 Å². The number of rotatable bonds is 4. The Balaban J connectivity index is 2.49. The van der Waals surface area contributed by atoms with Crippen LogP contribution >= 0.6 is 0 Å². The molecule has 0 spiro atoms. The Labute approximate surface area is 107 Å². The van der Waals surface area contributed by atoms with E-state index in [2.05, 4.69) is 12.0 Å². The second-order valence-corrected chi connectivity index (χ2v) is 4.66. The summed E-state index contributed by atoms with van der Waals surface area (Å²) in [6.45, 7) is 4.62. The zero-order valence-corrected chi connectivity index (χ0v) is 10.8. The predicted molar refractivity (Wildman–Crippen MR) is 69.6 cm³/mol. The summed E-state index contributed by atoms with van der Waals surface area (Å²) in [4.78, 5) is 11.5. The number of nitrogens with zero attached hydrogens (tertiary/aromatic N) is 2. The maximum Gasteiger partial charge on any atom is 0.161 e. The topological polar surface area (TPSA) is 55.1 Å². The van der Waals surface area contributed by atoms with E-state index in [1.165, 1.54) is 0 Å². The molecule has 96 valence electrons. The van der Waals surface area contributed by atoms with Gasteiger partial charge in [0.2, 0.25) is 0 Å². The van der Waals surface area contributed by atoms with E-state index < -0.39 is 5.41 Å². The fraction of sp³-hybridized carbons (Fsp3) is 0.429. The predicted octanol–water partition coefficient (Wildman–Crippen LogP) is 2.26. The van der Waals surface area contributed by atoms with E-state index in [-0.39, 0.29) is 5.75 Å². The summed E-state index contributed by atoms with van der Waals surface area (Å²) >= 11 is 0. The van der Waals surface area contributed by atoms with Gasteiger partial charge in [0.15, 0.2) is 5.75 Å². The smallest absolute Gasteiger partial charge is 0.161 e. The highest BCUT2D eigenvalue weighted by Crippen LogP contribution is 2.37. The minimum absolute atomic E-state index is 0.135. The first-order valence-corrected chi connectivity index (χ1v) is 6.22. The Morgan fingerprint density at radius 3 is 2.89 bits per heavy atom. The molecule has 1 unspecified atom stereocenters. The lowest BCUT2D eigenvalue weighted by Gasteiger charge is -2.22. The van der Waals surface area contributed by atoms with Gasteiger partial charge < -0.3 is 9.90 Å². The van der Waals surface area contributed by atoms with Crippen molar-refractivity contribution in [2.24, 2.45) is 0 Å². The first kappa shape index (κ1) is 12.6. The zero-order chi connectivity index (χ0) is 13.2. The fourth-order valence-corrected chi connectivity index (χ4v) is 2.24. The van der Waals surface area contributed by atoms with Gasteiger partial charge in [-0.15, -0.1) is 0 Å². The molecule has 0 amide bonds. The Bertz CT molecular complexity index is 514. The summed E-state index contributed by atoms with van der Waals surface area (Å²) in [6, 6.07) is 0.